The predicted molar refractivity (Wildman–Crippen MR) is 65.7 cm³/mol. The van der Waals surface area contributed by atoms with E-state index in [-0.39, 0.29) is 5.75 Å². The topological polar surface area (TPSA) is 29.1 Å². The maximum absolute atomic E-state index is 11.9. The Labute approximate surface area is 108 Å². The lowest BCUT2D eigenvalue weighted by atomic mass is 10.1. The highest BCUT2D eigenvalue weighted by Crippen LogP contribution is 2.21. The minimum Gasteiger partial charge on any atom is -0.346 e. The molecule has 1 amide bonds. The summed E-state index contributed by atoms with van der Waals surface area (Å²) in [4.78, 5) is 12.1. The summed E-state index contributed by atoms with van der Waals surface area (Å²) in [7, 11) is 0. The maximum Gasteiger partial charge on any atom is 0.405 e. The van der Waals surface area contributed by atoms with Gasteiger partial charge >= 0.3 is 6.18 Å². The van der Waals surface area contributed by atoms with Gasteiger partial charge in [-0.25, -0.2) is 0 Å². The maximum atomic E-state index is 11.9. The summed E-state index contributed by atoms with van der Waals surface area (Å²) in [6.45, 7) is 2.64. The van der Waals surface area contributed by atoms with Gasteiger partial charge in [0, 0.05) is 4.90 Å². The van der Waals surface area contributed by atoms with Crippen LogP contribution in [0.2, 0.25) is 0 Å². The number of carbonyl (C=O) groups excluding carboxylic acids is 1. The average molecular weight is 277 g/mol. The van der Waals surface area contributed by atoms with E-state index in [4.69, 9.17) is 0 Å². The van der Waals surface area contributed by atoms with Crippen LogP contribution in [0, 0.1) is 13.8 Å². The third-order valence-corrected chi connectivity index (χ3v) is 3.33. The van der Waals surface area contributed by atoms with Crippen LogP contribution in [0.5, 0.6) is 0 Å². The quantitative estimate of drug-likeness (QED) is 0.857. The Morgan fingerprint density at radius 3 is 2.50 bits per heavy atom. The van der Waals surface area contributed by atoms with Crippen molar-refractivity contribution >= 4 is 17.7 Å². The van der Waals surface area contributed by atoms with E-state index in [0.717, 1.165) is 16.0 Å². The number of hydrogen-bond donors (Lipinski definition) is 1. The van der Waals surface area contributed by atoms with Crippen molar-refractivity contribution in [2.45, 2.75) is 24.9 Å². The highest BCUT2D eigenvalue weighted by Gasteiger charge is 2.27. The van der Waals surface area contributed by atoms with Crippen LogP contribution in [-0.4, -0.2) is 24.4 Å². The molecule has 0 spiro atoms. The van der Waals surface area contributed by atoms with Crippen molar-refractivity contribution < 1.29 is 18.0 Å². The normalized spacial score (nSPS) is 11.4. The van der Waals surface area contributed by atoms with E-state index >= 15 is 0 Å². The number of halogens is 3. The molecule has 2 nitrogen and oxygen atoms in total. The van der Waals surface area contributed by atoms with Crippen LogP contribution in [0.25, 0.3) is 0 Å². The summed E-state index contributed by atoms with van der Waals surface area (Å²) < 4.78 is 35.6. The molecule has 0 radical (unpaired) electrons. The third-order valence-electron chi connectivity index (χ3n) is 2.33. The number of benzene rings is 1. The zero-order valence-electron chi connectivity index (χ0n) is 10.1. The van der Waals surface area contributed by atoms with E-state index in [1.807, 2.05) is 37.4 Å². The third kappa shape index (κ3) is 5.44. The van der Waals surface area contributed by atoms with Gasteiger partial charge in [-0.1, -0.05) is 6.07 Å². The molecule has 0 saturated heterocycles. The molecule has 0 aliphatic rings. The summed E-state index contributed by atoms with van der Waals surface area (Å²) in [5.41, 5.74) is 2.23. The molecule has 0 aromatic heterocycles. The summed E-state index contributed by atoms with van der Waals surface area (Å²) in [6, 6.07) is 5.69. The molecule has 6 heteroatoms. The van der Waals surface area contributed by atoms with Gasteiger partial charge in [0.1, 0.15) is 6.54 Å². The number of amides is 1. The van der Waals surface area contributed by atoms with E-state index in [9.17, 15) is 18.0 Å². The first kappa shape index (κ1) is 14.9. The van der Waals surface area contributed by atoms with Gasteiger partial charge in [-0.3, -0.25) is 4.79 Å². The van der Waals surface area contributed by atoms with Crippen molar-refractivity contribution in [1.29, 1.82) is 0 Å². The van der Waals surface area contributed by atoms with Gasteiger partial charge in [-0.2, -0.15) is 13.2 Å². The largest absolute Gasteiger partial charge is 0.405 e. The molecule has 0 atom stereocenters. The van der Waals surface area contributed by atoms with Gasteiger partial charge in [0.15, 0.2) is 0 Å². The summed E-state index contributed by atoms with van der Waals surface area (Å²) in [5, 5.41) is 1.83. The molecule has 0 aliphatic heterocycles. The second-order valence-electron chi connectivity index (χ2n) is 3.93. The fourth-order valence-corrected chi connectivity index (χ4v) is 2.03. The molecule has 0 saturated carbocycles. The molecule has 1 rings (SSSR count). The lowest BCUT2D eigenvalue weighted by molar-refractivity contribution is -0.136. The zero-order chi connectivity index (χ0) is 13.8. The Bertz CT molecular complexity index is 432. The molecule has 1 aromatic carbocycles. The van der Waals surface area contributed by atoms with Crippen LogP contribution in [-0.2, 0) is 4.79 Å². The van der Waals surface area contributed by atoms with E-state index in [2.05, 4.69) is 0 Å². The number of hydrogen-bond acceptors (Lipinski definition) is 2. The van der Waals surface area contributed by atoms with E-state index in [0.29, 0.717) is 0 Å². The SMILES string of the molecule is Cc1ccc(SCC(=O)NCC(F)(F)F)cc1C. The lowest BCUT2D eigenvalue weighted by Gasteiger charge is -2.08. The number of thioether (sulfide) groups is 1. The fraction of sp³-hybridized carbons (Fsp3) is 0.417. The van der Waals surface area contributed by atoms with Gasteiger partial charge in [0.2, 0.25) is 5.91 Å². The van der Waals surface area contributed by atoms with Gasteiger partial charge in [-0.15, -0.1) is 11.8 Å². The summed E-state index contributed by atoms with van der Waals surface area (Å²) in [6.07, 6.45) is -4.36. The van der Waals surface area contributed by atoms with Crippen LogP contribution in [0.15, 0.2) is 23.1 Å². The number of alkyl halides is 3. The molecule has 0 bridgehead atoms. The van der Waals surface area contributed by atoms with Gasteiger partial charge in [0.25, 0.3) is 0 Å². The Kier molecular flexibility index (Phi) is 5.07. The van der Waals surface area contributed by atoms with E-state index < -0.39 is 18.6 Å². The van der Waals surface area contributed by atoms with Crippen molar-refractivity contribution in [2.24, 2.45) is 0 Å². The smallest absolute Gasteiger partial charge is 0.346 e. The predicted octanol–water partition coefficient (Wildman–Crippen LogP) is 3.07. The van der Waals surface area contributed by atoms with Crippen molar-refractivity contribution in [3.05, 3.63) is 29.3 Å². The van der Waals surface area contributed by atoms with E-state index in [1.54, 1.807) is 0 Å². The van der Waals surface area contributed by atoms with Crippen molar-refractivity contribution in [2.75, 3.05) is 12.3 Å². The molecule has 1 aromatic rings. The Hall–Kier alpha value is -1.17. The van der Waals surface area contributed by atoms with Crippen LogP contribution >= 0.6 is 11.8 Å². The Balaban J connectivity index is 2.40. The van der Waals surface area contributed by atoms with Gasteiger partial charge in [-0.05, 0) is 37.1 Å². The first-order valence-electron chi connectivity index (χ1n) is 5.31. The molecule has 18 heavy (non-hydrogen) atoms. The molecular formula is C12H14F3NOS. The number of carbonyl (C=O) groups is 1. The van der Waals surface area contributed by atoms with Crippen molar-refractivity contribution in [1.82, 2.24) is 5.32 Å². The summed E-state index contributed by atoms with van der Waals surface area (Å²) >= 11 is 1.22. The van der Waals surface area contributed by atoms with Gasteiger partial charge in [0.05, 0.1) is 5.75 Å². The Morgan fingerprint density at radius 1 is 1.28 bits per heavy atom. The summed E-state index contributed by atoms with van der Waals surface area (Å²) in [5.74, 6) is -0.631. The number of rotatable bonds is 4. The van der Waals surface area contributed by atoms with Crippen LogP contribution in [0.3, 0.4) is 0 Å². The molecule has 0 unspecified atom stereocenters. The molecular weight excluding hydrogens is 263 g/mol. The van der Waals surface area contributed by atoms with Crippen molar-refractivity contribution in [3.8, 4) is 0 Å². The minimum atomic E-state index is -4.36. The molecule has 0 fully saturated rings. The van der Waals surface area contributed by atoms with Crippen LogP contribution in [0.4, 0.5) is 13.2 Å². The van der Waals surface area contributed by atoms with E-state index in [1.165, 1.54) is 11.8 Å². The second-order valence-corrected chi connectivity index (χ2v) is 4.98. The average Bonchev–Trinajstić information content (AvgIpc) is 2.27. The highest BCUT2D eigenvalue weighted by molar-refractivity contribution is 8.00. The second kappa shape index (κ2) is 6.13. The first-order valence-corrected chi connectivity index (χ1v) is 6.30. The number of aryl methyl sites for hydroxylation is 2. The Morgan fingerprint density at radius 2 is 1.94 bits per heavy atom. The van der Waals surface area contributed by atoms with Crippen LogP contribution < -0.4 is 5.32 Å². The molecule has 0 aliphatic carbocycles. The highest BCUT2D eigenvalue weighted by atomic mass is 32.2. The zero-order valence-corrected chi connectivity index (χ0v) is 10.9. The monoisotopic (exact) mass is 277 g/mol. The molecule has 1 N–H and O–H groups in total. The lowest BCUT2D eigenvalue weighted by Crippen LogP contribution is -2.34. The first-order chi connectivity index (χ1) is 8.28. The van der Waals surface area contributed by atoms with Crippen molar-refractivity contribution in [3.63, 3.8) is 0 Å². The fourth-order valence-electron chi connectivity index (χ4n) is 1.20. The van der Waals surface area contributed by atoms with Crippen LogP contribution in [0.1, 0.15) is 11.1 Å². The molecule has 100 valence electrons. The number of nitrogens with one attached hydrogen (secondary N) is 1. The standard InChI is InChI=1S/C12H14F3NOS/c1-8-3-4-10(5-9(8)2)18-6-11(17)16-7-12(13,14)15/h3-5H,6-7H2,1-2H3,(H,16,17). The minimum absolute atomic E-state index is 0.0153. The molecule has 0 heterocycles. The van der Waals surface area contributed by atoms with Gasteiger partial charge < -0.3 is 5.32 Å².